The van der Waals surface area contributed by atoms with Crippen LogP contribution in [0.4, 0.5) is 0 Å². The monoisotopic (exact) mass is 362 g/mol. The number of methoxy groups -OCH3 is 1. The number of nitrogens with one attached hydrogen (secondary N) is 2. The summed E-state index contributed by atoms with van der Waals surface area (Å²) < 4.78 is 10.2. The fraction of sp³-hybridized carbons (Fsp3) is 0.526. The van der Waals surface area contributed by atoms with Gasteiger partial charge in [0.15, 0.2) is 6.10 Å². The number of hydrogen-bond donors (Lipinski definition) is 2. The van der Waals surface area contributed by atoms with Gasteiger partial charge in [0.1, 0.15) is 12.3 Å². The van der Waals surface area contributed by atoms with Crippen molar-refractivity contribution in [1.82, 2.24) is 10.6 Å². The average Bonchev–Trinajstić information content (AvgIpc) is 2.66. The van der Waals surface area contributed by atoms with E-state index < -0.39 is 18.0 Å². The first-order valence-electron chi connectivity index (χ1n) is 8.91. The van der Waals surface area contributed by atoms with Crippen LogP contribution in [0.2, 0.25) is 0 Å². The number of hydrogen-bond acceptors (Lipinski definition) is 5. The summed E-state index contributed by atoms with van der Waals surface area (Å²) in [5.41, 5.74) is 0.375. The average molecular weight is 362 g/mol. The maximum Gasteiger partial charge on any atom is 0.326 e. The van der Waals surface area contributed by atoms with Crippen molar-refractivity contribution in [3.8, 4) is 5.75 Å². The Balaban J connectivity index is 1.74. The molecule has 2 N–H and O–H groups in total. The van der Waals surface area contributed by atoms with Crippen molar-refractivity contribution in [3.05, 3.63) is 29.8 Å². The molecule has 0 bridgehead atoms. The first kappa shape index (κ1) is 19.8. The van der Waals surface area contributed by atoms with E-state index >= 15 is 0 Å². The fourth-order valence-corrected chi connectivity index (χ4v) is 2.88. The van der Waals surface area contributed by atoms with Crippen molar-refractivity contribution in [3.63, 3.8) is 0 Å². The van der Waals surface area contributed by atoms with Gasteiger partial charge in [-0.05, 0) is 38.0 Å². The molecule has 1 aliphatic carbocycles. The van der Waals surface area contributed by atoms with Gasteiger partial charge in [0.2, 0.25) is 0 Å². The second kappa shape index (κ2) is 9.79. The third-order valence-electron chi connectivity index (χ3n) is 4.35. The number of rotatable bonds is 7. The van der Waals surface area contributed by atoms with Crippen LogP contribution in [0.25, 0.3) is 0 Å². The van der Waals surface area contributed by atoms with E-state index in [1.165, 1.54) is 20.5 Å². The lowest BCUT2D eigenvalue weighted by molar-refractivity contribution is -0.154. The molecule has 1 aromatic carbocycles. The number of carbonyl (C=O) groups excluding carboxylic acids is 3. The van der Waals surface area contributed by atoms with Gasteiger partial charge in [-0.2, -0.15) is 0 Å². The highest BCUT2D eigenvalue weighted by Crippen LogP contribution is 2.17. The van der Waals surface area contributed by atoms with Crippen molar-refractivity contribution in [2.75, 3.05) is 13.7 Å². The summed E-state index contributed by atoms with van der Waals surface area (Å²) in [6.45, 7) is 1.22. The van der Waals surface area contributed by atoms with Gasteiger partial charge < -0.3 is 20.1 Å². The molecule has 1 aromatic rings. The highest BCUT2D eigenvalue weighted by molar-refractivity contribution is 5.96. The van der Waals surface area contributed by atoms with Gasteiger partial charge in [-0.3, -0.25) is 14.4 Å². The Morgan fingerprint density at radius 1 is 1.19 bits per heavy atom. The van der Waals surface area contributed by atoms with E-state index in [9.17, 15) is 14.4 Å². The molecule has 142 valence electrons. The van der Waals surface area contributed by atoms with Gasteiger partial charge in [0, 0.05) is 11.6 Å². The number of amides is 2. The van der Waals surface area contributed by atoms with Crippen LogP contribution in [-0.4, -0.2) is 43.6 Å². The third-order valence-corrected chi connectivity index (χ3v) is 4.35. The second-order valence-electron chi connectivity index (χ2n) is 6.39. The van der Waals surface area contributed by atoms with Crippen LogP contribution in [0.5, 0.6) is 5.75 Å². The lowest BCUT2D eigenvalue weighted by Crippen LogP contribution is -2.43. The molecule has 1 saturated carbocycles. The summed E-state index contributed by atoms with van der Waals surface area (Å²) in [5.74, 6) is -0.828. The normalized spacial score (nSPS) is 15.6. The minimum absolute atomic E-state index is 0.158. The summed E-state index contributed by atoms with van der Waals surface area (Å²) in [6, 6.07) is 6.75. The van der Waals surface area contributed by atoms with Gasteiger partial charge in [-0.1, -0.05) is 25.3 Å². The highest BCUT2D eigenvalue weighted by Gasteiger charge is 2.22. The van der Waals surface area contributed by atoms with E-state index in [4.69, 9.17) is 9.47 Å². The van der Waals surface area contributed by atoms with Crippen LogP contribution < -0.4 is 15.4 Å². The Morgan fingerprint density at radius 3 is 2.62 bits per heavy atom. The van der Waals surface area contributed by atoms with Crippen molar-refractivity contribution in [2.45, 2.75) is 51.2 Å². The topological polar surface area (TPSA) is 93.7 Å². The molecule has 1 atom stereocenters. The molecule has 0 aliphatic heterocycles. The van der Waals surface area contributed by atoms with Gasteiger partial charge >= 0.3 is 5.97 Å². The molecule has 7 nitrogen and oxygen atoms in total. The molecule has 2 amide bonds. The summed E-state index contributed by atoms with van der Waals surface area (Å²) >= 11 is 0. The van der Waals surface area contributed by atoms with Crippen LogP contribution in [0.15, 0.2) is 24.3 Å². The lowest BCUT2D eigenvalue weighted by Gasteiger charge is -2.24. The molecule has 1 aliphatic rings. The maximum absolute atomic E-state index is 12.1. The molecule has 26 heavy (non-hydrogen) atoms. The van der Waals surface area contributed by atoms with Gasteiger partial charge in [-0.25, -0.2) is 0 Å². The predicted octanol–water partition coefficient (Wildman–Crippen LogP) is 1.81. The molecular formula is C19H26N2O5. The van der Waals surface area contributed by atoms with Crippen LogP contribution in [-0.2, 0) is 14.3 Å². The largest absolute Gasteiger partial charge is 0.497 e. The number of carbonyl (C=O) groups is 3. The Hall–Kier alpha value is -2.57. The molecule has 1 unspecified atom stereocenters. The van der Waals surface area contributed by atoms with E-state index in [1.54, 1.807) is 24.3 Å². The van der Waals surface area contributed by atoms with Crippen LogP contribution in [0, 0.1) is 0 Å². The highest BCUT2D eigenvalue weighted by atomic mass is 16.5. The van der Waals surface area contributed by atoms with E-state index in [0.717, 1.165) is 25.7 Å². The summed E-state index contributed by atoms with van der Waals surface area (Å²) in [5, 5.41) is 5.38. The fourth-order valence-electron chi connectivity index (χ4n) is 2.88. The number of ether oxygens (including phenoxy) is 2. The maximum atomic E-state index is 12.1. The lowest BCUT2D eigenvalue weighted by atomic mass is 9.95. The molecular weight excluding hydrogens is 336 g/mol. The molecule has 0 saturated heterocycles. The smallest absolute Gasteiger partial charge is 0.326 e. The van der Waals surface area contributed by atoms with Crippen LogP contribution in [0.3, 0.4) is 0 Å². The minimum Gasteiger partial charge on any atom is -0.497 e. The molecule has 1 fully saturated rings. The minimum atomic E-state index is -0.891. The van der Waals surface area contributed by atoms with Gasteiger partial charge in [0.25, 0.3) is 11.8 Å². The SMILES string of the molecule is COc1cccc(C(=O)NCC(=O)OC(C)C(=O)NC2CCCCC2)c1. The standard InChI is InChI=1S/C19H26N2O5/c1-13(18(23)21-15-8-4-3-5-9-15)26-17(22)12-20-19(24)14-7-6-10-16(11-14)25-2/h6-7,10-11,13,15H,3-5,8-9,12H2,1-2H3,(H,20,24)(H,21,23). The van der Waals surface area contributed by atoms with E-state index in [0.29, 0.717) is 11.3 Å². The number of esters is 1. The molecule has 0 aromatic heterocycles. The second-order valence-corrected chi connectivity index (χ2v) is 6.39. The van der Waals surface area contributed by atoms with E-state index in [1.807, 2.05) is 0 Å². The molecule has 2 rings (SSSR count). The zero-order valence-electron chi connectivity index (χ0n) is 15.2. The first-order valence-corrected chi connectivity index (χ1v) is 8.91. The zero-order chi connectivity index (χ0) is 18.9. The third kappa shape index (κ3) is 6.06. The Bertz CT molecular complexity index is 641. The Labute approximate surface area is 153 Å². The first-order chi connectivity index (χ1) is 12.5. The quantitative estimate of drug-likeness (QED) is 0.722. The summed E-state index contributed by atoms with van der Waals surface area (Å²) in [6.07, 6.45) is 4.44. The zero-order valence-corrected chi connectivity index (χ0v) is 15.2. The summed E-state index contributed by atoms with van der Waals surface area (Å²) in [4.78, 5) is 36.0. The van der Waals surface area contributed by atoms with E-state index in [-0.39, 0.29) is 18.5 Å². The Morgan fingerprint density at radius 2 is 1.92 bits per heavy atom. The van der Waals surface area contributed by atoms with Gasteiger partial charge in [0.05, 0.1) is 7.11 Å². The molecule has 7 heteroatoms. The predicted molar refractivity (Wildman–Crippen MR) is 95.9 cm³/mol. The van der Waals surface area contributed by atoms with Crippen molar-refractivity contribution in [2.24, 2.45) is 0 Å². The Kier molecular flexibility index (Phi) is 7.44. The van der Waals surface area contributed by atoms with Crippen LogP contribution in [0.1, 0.15) is 49.4 Å². The van der Waals surface area contributed by atoms with Crippen molar-refractivity contribution in [1.29, 1.82) is 0 Å². The van der Waals surface area contributed by atoms with Crippen molar-refractivity contribution >= 4 is 17.8 Å². The van der Waals surface area contributed by atoms with E-state index in [2.05, 4.69) is 10.6 Å². The summed E-state index contributed by atoms with van der Waals surface area (Å²) in [7, 11) is 1.51. The number of benzene rings is 1. The molecule has 0 radical (unpaired) electrons. The van der Waals surface area contributed by atoms with Gasteiger partial charge in [-0.15, -0.1) is 0 Å². The van der Waals surface area contributed by atoms with Crippen LogP contribution >= 0.6 is 0 Å². The molecule has 0 heterocycles. The van der Waals surface area contributed by atoms with Crippen molar-refractivity contribution < 1.29 is 23.9 Å². The molecule has 0 spiro atoms.